The summed E-state index contributed by atoms with van der Waals surface area (Å²) >= 11 is 0. The molecule has 0 aliphatic rings. The van der Waals surface area contributed by atoms with Gasteiger partial charge in [0.15, 0.2) is 6.29 Å². The molecule has 0 atom stereocenters. The van der Waals surface area contributed by atoms with Gasteiger partial charge >= 0.3 is 0 Å². The third kappa shape index (κ3) is 2.26. The van der Waals surface area contributed by atoms with Crippen molar-refractivity contribution in [3.63, 3.8) is 0 Å². The van der Waals surface area contributed by atoms with Crippen molar-refractivity contribution in [3.8, 4) is 0 Å². The van der Waals surface area contributed by atoms with E-state index in [-0.39, 0.29) is 5.48 Å². The number of carbonyl (C=O) groups is 2. The van der Waals surface area contributed by atoms with Gasteiger partial charge in [-0.05, 0) is 31.9 Å². The lowest BCUT2D eigenvalue weighted by molar-refractivity contribution is -0.104. The quantitative estimate of drug-likeness (QED) is 0.403. The topological polar surface area (TPSA) is 65.6 Å². The summed E-state index contributed by atoms with van der Waals surface area (Å²) in [6, 6.07) is 3.81. The van der Waals surface area contributed by atoms with Crippen molar-refractivity contribution in [2.45, 2.75) is 20.8 Å². The van der Waals surface area contributed by atoms with Crippen molar-refractivity contribution >= 4 is 12.1 Å². The Labute approximate surface area is 83.1 Å². The average Bonchev–Trinajstić information content (AvgIpc) is 2.02. The summed E-state index contributed by atoms with van der Waals surface area (Å²) in [7, 11) is 0. The van der Waals surface area contributed by atoms with Crippen LogP contribution in [0.4, 0.5) is 0 Å². The molecule has 0 heterocycles. The zero-order valence-electron chi connectivity index (χ0n) is 8.55. The molecule has 0 saturated heterocycles. The van der Waals surface area contributed by atoms with Crippen LogP contribution in [0.5, 0.6) is 0 Å². The number of hydrogen-bond acceptors (Lipinski definition) is 2. The maximum atomic E-state index is 11.2. The SMILES string of the molecule is Cc1cc(C)c(C(=O)C=O)c(C)c1.O. The van der Waals surface area contributed by atoms with Crippen molar-refractivity contribution in [1.82, 2.24) is 0 Å². The van der Waals surface area contributed by atoms with Crippen LogP contribution in [-0.4, -0.2) is 17.5 Å². The molecule has 0 bridgehead atoms. The Kier molecular flexibility index (Phi) is 4.18. The second-order valence-corrected chi connectivity index (χ2v) is 3.26. The van der Waals surface area contributed by atoms with Gasteiger partial charge in [0.05, 0.1) is 0 Å². The molecule has 0 aromatic heterocycles. The number of benzene rings is 1. The molecular weight excluding hydrogens is 180 g/mol. The van der Waals surface area contributed by atoms with Crippen molar-refractivity contribution in [2.75, 3.05) is 0 Å². The van der Waals surface area contributed by atoms with Crippen LogP contribution in [0, 0.1) is 20.8 Å². The van der Waals surface area contributed by atoms with Gasteiger partial charge in [0.2, 0.25) is 5.78 Å². The van der Waals surface area contributed by atoms with Gasteiger partial charge in [-0.25, -0.2) is 0 Å². The highest BCUT2D eigenvalue weighted by atomic mass is 16.2. The van der Waals surface area contributed by atoms with Crippen LogP contribution in [0.25, 0.3) is 0 Å². The van der Waals surface area contributed by atoms with E-state index in [1.165, 1.54) is 0 Å². The second-order valence-electron chi connectivity index (χ2n) is 3.26. The van der Waals surface area contributed by atoms with Gasteiger partial charge < -0.3 is 5.48 Å². The minimum atomic E-state index is -0.435. The van der Waals surface area contributed by atoms with Crippen LogP contribution < -0.4 is 0 Å². The Balaban J connectivity index is 0.00000169. The molecule has 0 unspecified atom stereocenters. The van der Waals surface area contributed by atoms with Crippen LogP contribution in [0.3, 0.4) is 0 Å². The van der Waals surface area contributed by atoms with E-state index in [0.29, 0.717) is 11.8 Å². The van der Waals surface area contributed by atoms with E-state index in [2.05, 4.69) is 0 Å². The van der Waals surface area contributed by atoms with Gasteiger partial charge in [0.1, 0.15) is 0 Å². The van der Waals surface area contributed by atoms with Gasteiger partial charge in [-0.3, -0.25) is 9.59 Å². The van der Waals surface area contributed by atoms with Gasteiger partial charge in [-0.2, -0.15) is 0 Å². The summed E-state index contributed by atoms with van der Waals surface area (Å²) in [5.41, 5.74) is 3.39. The smallest absolute Gasteiger partial charge is 0.225 e. The maximum Gasteiger partial charge on any atom is 0.225 e. The molecule has 0 aliphatic carbocycles. The first-order valence-electron chi connectivity index (χ1n) is 4.13. The van der Waals surface area contributed by atoms with Crippen LogP contribution in [0.1, 0.15) is 27.0 Å². The zero-order valence-corrected chi connectivity index (χ0v) is 8.55. The molecule has 14 heavy (non-hydrogen) atoms. The molecule has 0 spiro atoms. The number of aryl methyl sites for hydroxylation is 3. The standard InChI is InChI=1S/C11H12O2.H2O/c1-7-4-8(2)11(9(3)5-7)10(13)6-12;/h4-6H,1-3H3;1H2. The van der Waals surface area contributed by atoms with Crippen LogP contribution in [0.2, 0.25) is 0 Å². The van der Waals surface area contributed by atoms with Crippen molar-refractivity contribution < 1.29 is 15.1 Å². The Bertz CT molecular complexity index is 344. The van der Waals surface area contributed by atoms with Gasteiger partial charge in [0, 0.05) is 5.56 Å². The van der Waals surface area contributed by atoms with Gasteiger partial charge in [-0.1, -0.05) is 17.7 Å². The van der Waals surface area contributed by atoms with Crippen LogP contribution in [-0.2, 0) is 4.79 Å². The summed E-state index contributed by atoms with van der Waals surface area (Å²) in [6.45, 7) is 5.66. The average molecular weight is 194 g/mol. The zero-order chi connectivity index (χ0) is 10.0. The minimum absolute atomic E-state index is 0. The third-order valence-electron chi connectivity index (χ3n) is 2.03. The molecule has 0 fully saturated rings. The molecule has 0 amide bonds. The molecular formula is C11H14O3. The van der Waals surface area contributed by atoms with E-state index in [0.717, 1.165) is 16.7 Å². The lowest BCUT2D eigenvalue weighted by Crippen LogP contribution is -2.05. The van der Waals surface area contributed by atoms with Gasteiger partial charge in [-0.15, -0.1) is 0 Å². The number of aldehydes is 1. The second kappa shape index (κ2) is 4.67. The Morgan fingerprint density at radius 1 is 1.14 bits per heavy atom. The number of rotatable bonds is 2. The summed E-state index contributed by atoms with van der Waals surface area (Å²) in [5.74, 6) is -0.435. The molecule has 76 valence electrons. The molecule has 1 rings (SSSR count). The third-order valence-corrected chi connectivity index (χ3v) is 2.03. The van der Waals surface area contributed by atoms with Crippen molar-refractivity contribution in [3.05, 3.63) is 34.4 Å². The maximum absolute atomic E-state index is 11.2. The van der Waals surface area contributed by atoms with E-state index >= 15 is 0 Å². The summed E-state index contributed by atoms with van der Waals surface area (Å²) in [6.07, 6.45) is 0.366. The molecule has 3 heteroatoms. The highest BCUT2D eigenvalue weighted by molar-refractivity contribution is 6.34. The molecule has 3 nitrogen and oxygen atoms in total. The molecule has 0 aliphatic heterocycles. The molecule has 1 aromatic carbocycles. The summed E-state index contributed by atoms with van der Waals surface area (Å²) in [4.78, 5) is 21.5. The first-order valence-corrected chi connectivity index (χ1v) is 4.13. The fourth-order valence-electron chi connectivity index (χ4n) is 1.63. The number of Topliss-reactive ketones (excluding diaryl/α,β-unsaturated/α-hetero) is 1. The highest BCUT2D eigenvalue weighted by Crippen LogP contribution is 2.15. The van der Waals surface area contributed by atoms with Gasteiger partial charge in [0.25, 0.3) is 0 Å². The number of carbonyl (C=O) groups excluding carboxylic acids is 2. The first-order chi connectivity index (χ1) is 6.06. The predicted octanol–water partition coefficient (Wildman–Crippen LogP) is 1.17. The van der Waals surface area contributed by atoms with E-state index in [4.69, 9.17) is 0 Å². The van der Waals surface area contributed by atoms with Crippen LogP contribution >= 0.6 is 0 Å². The normalized spacial score (nSPS) is 9.07. The summed E-state index contributed by atoms with van der Waals surface area (Å²) < 4.78 is 0. The molecule has 0 saturated carbocycles. The minimum Gasteiger partial charge on any atom is -0.412 e. The Morgan fingerprint density at radius 2 is 1.57 bits per heavy atom. The van der Waals surface area contributed by atoms with E-state index in [1.54, 1.807) is 0 Å². The van der Waals surface area contributed by atoms with Crippen LogP contribution in [0.15, 0.2) is 12.1 Å². The highest BCUT2D eigenvalue weighted by Gasteiger charge is 2.10. The predicted molar refractivity (Wildman–Crippen MR) is 54.7 cm³/mol. The van der Waals surface area contributed by atoms with E-state index < -0.39 is 5.78 Å². The monoisotopic (exact) mass is 194 g/mol. The van der Waals surface area contributed by atoms with E-state index in [9.17, 15) is 9.59 Å². The Hall–Kier alpha value is -1.48. The fraction of sp³-hybridized carbons (Fsp3) is 0.273. The fourth-order valence-corrected chi connectivity index (χ4v) is 1.63. The van der Waals surface area contributed by atoms with Crippen molar-refractivity contribution in [1.29, 1.82) is 0 Å². The Morgan fingerprint density at radius 3 is 1.93 bits per heavy atom. The molecule has 0 radical (unpaired) electrons. The van der Waals surface area contributed by atoms with E-state index in [1.807, 2.05) is 32.9 Å². The lowest BCUT2D eigenvalue weighted by atomic mass is 9.97. The number of ketones is 1. The first kappa shape index (κ1) is 12.5. The number of hydrogen-bond donors (Lipinski definition) is 0. The molecule has 1 aromatic rings. The molecule has 2 N–H and O–H groups in total. The largest absolute Gasteiger partial charge is 0.412 e. The van der Waals surface area contributed by atoms with Crippen molar-refractivity contribution in [2.24, 2.45) is 0 Å². The lowest BCUT2D eigenvalue weighted by Gasteiger charge is -2.06. The summed E-state index contributed by atoms with van der Waals surface area (Å²) in [5, 5.41) is 0.